The first kappa shape index (κ1) is 14.8. The van der Waals surface area contributed by atoms with Crippen molar-refractivity contribution in [3.05, 3.63) is 53.5 Å². The van der Waals surface area contributed by atoms with Crippen molar-refractivity contribution in [3.63, 3.8) is 0 Å². The summed E-state index contributed by atoms with van der Waals surface area (Å²) in [5, 5.41) is 11.8. The number of amides is 1. The van der Waals surface area contributed by atoms with Crippen molar-refractivity contribution in [1.29, 1.82) is 5.26 Å². The maximum atomic E-state index is 12.0. The number of anilines is 1. The lowest BCUT2D eigenvalue weighted by Gasteiger charge is -2.16. The van der Waals surface area contributed by atoms with Crippen molar-refractivity contribution in [2.75, 3.05) is 4.90 Å². The Balaban J connectivity index is 2.17. The smallest absolute Gasteiger partial charge is 0.257 e. The van der Waals surface area contributed by atoms with Crippen LogP contribution in [0.3, 0.4) is 0 Å². The molecule has 1 heterocycles. The van der Waals surface area contributed by atoms with Crippen molar-refractivity contribution in [2.24, 2.45) is 0 Å². The molecule has 6 heteroatoms. The summed E-state index contributed by atoms with van der Waals surface area (Å²) >= 11 is 5.13. The Morgan fingerprint density at radius 3 is 2.52 bits per heavy atom. The van der Waals surface area contributed by atoms with Gasteiger partial charge in [-0.25, -0.2) is 4.90 Å². The normalized spacial score (nSPS) is 9.76. The highest BCUT2D eigenvalue weighted by Gasteiger charge is 2.19. The fourth-order valence-electron chi connectivity index (χ4n) is 1.75. The molecule has 21 heavy (non-hydrogen) atoms. The molecule has 1 aromatic carbocycles. The van der Waals surface area contributed by atoms with Crippen LogP contribution in [0.1, 0.15) is 21.7 Å². The topological polar surface area (TPSA) is 69.3 Å². The number of nitrogens with one attached hydrogen (secondary N) is 1. The van der Waals surface area contributed by atoms with Crippen molar-refractivity contribution in [3.8, 4) is 6.19 Å². The molecule has 0 atom stereocenters. The lowest BCUT2D eigenvalue weighted by molar-refractivity contribution is 0.0977. The predicted octanol–water partition coefficient (Wildman–Crippen LogP) is 2.90. The fourth-order valence-corrected chi connectivity index (χ4v) is 1.98. The molecule has 0 aliphatic heterocycles. The maximum Gasteiger partial charge on any atom is 0.257 e. The van der Waals surface area contributed by atoms with E-state index in [1.165, 1.54) is 6.26 Å². The third-order valence-electron chi connectivity index (χ3n) is 3.06. The van der Waals surface area contributed by atoms with Crippen molar-refractivity contribution >= 4 is 28.9 Å². The number of nitrogens with zero attached hydrogens (tertiary/aromatic N) is 2. The third kappa shape index (κ3) is 3.09. The van der Waals surface area contributed by atoms with E-state index >= 15 is 0 Å². The Labute approximate surface area is 127 Å². The summed E-state index contributed by atoms with van der Waals surface area (Å²) in [4.78, 5) is 13.2. The number of carbonyl (C=O) groups excluding carboxylic acids is 1. The number of hydrogen-bond donors (Lipinski definition) is 1. The van der Waals surface area contributed by atoms with Gasteiger partial charge in [-0.05, 0) is 38.2 Å². The van der Waals surface area contributed by atoms with Gasteiger partial charge in [-0.15, -0.1) is 0 Å². The number of benzene rings is 1. The van der Waals surface area contributed by atoms with E-state index in [-0.39, 0.29) is 11.0 Å². The highest BCUT2D eigenvalue weighted by Crippen LogP contribution is 2.24. The third-order valence-corrected chi connectivity index (χ3v) is 3.34. The molecule has 2 aromatic rings. The lowest BCUT2D eigenvalue weighted by Crippen LogP contribution is -2.40. The number of nitriles is 1. The van der Waals surface area contributed by atoms with E-state index in [9.17, 15) is 10.1 Å². The van der Waals surface area contributed by atoms with Gasteiger partial charge >= 0.3 is 0 Å². The molecule has 0 aliphatic carbocycles. The van der Waals surface area contributed by atoms with Crippen LogP contribution in [0.2, 0.25) is 0 Å². The van der Waals surface area contributed by atoms with Gasteiger partial charge in [-0.1, -0.05) is 18.2 Å². The van der Waals surface area contributed by atoms with E-state index in [1.807, 2.05) is 19.2 Å². The average molecular weight is 299 g/mol. The van der Waals surface area contributed by atoms with Crippen LogP contribution in [-0.4, -0.2) is 11.0 Å². The van der Waals surface area contributed by atoms with Crippen molar-refractivity contribution in [1.82, 2.24) is 5.32 Å². The number of rotatable bonds is 2. The van der Waals surface area contributed by atoms with Crippen molar-refractivity contribution < 1.29 is 9.21 Å². The van der Waals surface area contributed by atoms with E-state index < -0.39 is 0 Å². The van der Waals surface area contributed by atoms with Crippen LogP contribution in [0.25, 0.3) is 0 Å². The van der Waals surface area contributed by atoms with Gasteiger partial charge in [0.1, 0.15) is 17.7 Å². The first-order valence-corrected chi connectivity index (χ1v) is 6.60. The van der Waals surface area contributed by atoms with Crippen LogP contribution < -0.4 is 10.2 Å². The fraction of sp³-hybridized carbons (Fsp3) is 0.133. The molecule has 0 aliphatic rings. The number of aryl methyl sites for hydroxylation is 1. The molecule has 1 N–H and O–H groups in total. The molecular weight excluding hydrogens is 286 g/mol. The summed E-state index contributed by atoms with van der Waals surface area (Å²) in [5.74, 6) is 0.334. The van der Waals surface area contributed by atoms with Crippen molar-refractivity contribution in [2.45, 2.75) is 13.8 Å². The van der Waals surface area contributed by atoms with Crippen LogP contribution in [0.4, 0.5) is 5.69 Å². The maximum absolute atomic E-state index is 12.0. The van der Waals surface area contributed by atoms with Gasteiger partial charge in [0, 0.05) is 11.1 Å². The largest absolute Gasteiger partial charge is 0.467 e. The molecule has 2 rings (SSSR count). The molecule has 106 valence electrons. The molecule has 5 nitrogen and oxygen atoms in total. The molecule has 0 bridgehead atoms. The summed E-state index contributed by atoms with van der Waals surface area (Å²) in [6.45, 7) is 3.61. The Morgan fingerprint density at radius 1 is 1.33 bits per heavy atom. The van der Waals surface area contributed by atoms with Gasteiger partial charge in [0.05, 0.1) is 0 Å². The molecule has 1 aromatic heterocycles. The lowest BCUT2D eigenvalue weighted by atomic mass is 10.2. The second-order valence-electron chi connectivity index (χ2n) is 4.36. The zero-order chi connectivity index (χ0) is 15.4. The zero-order valence-corrected chi connectivity index (χ0v) is 12.4. The number of hydrogen-bond acceptors (Lipinski definition) is 4. The zero-order valence-electron chi connectivity index (χ0n) is 11.6. The van der Waals surface area contributed by atoms with Gasteiger partial charge in [0.25, 0.3) is 5.91 Å². The van der Waals surface area contributed by atoms with E-state index in [0.717, 1.165) is 10.5 Å². The van der Waals surface area contributed by atoms with Crippen LogP contribution in [-0.2, 0) is 0 Å². The standard InChI is InChI=1S/C15H13N3O2S/c1-10-11(2)20-8-13(10)18(9-16)15(21)17-14(19)12-6-4-3-5-7-12/h3-8H,1-2H3,(H,17,19,21). The van der Waals surface area contributed by atoms with Gasteiger partial charge in [-0.3, -0.25) is 10.1 Å². The summed E-state index contributed by atoms with van der Waals surface area (Å²) in [6, 6.07) is 8.66. The molecule has 0 unspecified atom stereocenters. The molecule has 0 spiro atoms. The Hall–Kier alpha value is -2.65. The van der Waals surface area contributed by atoms with Gasteiger partial charge in [0.15, 0.2) is 11.3 Å². The van der Waals surface area contributed by atoms with Crippen LogP contribution >= 0.6 is 12.2 Å². The Bertz CT molecular complexity index is 716. The highest BCUT2D eigenvalue weighted by atomic mass is 32.1. The van der Waals surface area contributed by atoms with E-state index in [1.54, 1.807) is 31.2 Å². The van der Waals surface area contributed by atoms with Crippen LogP contribution in [0, 0.1) is 25.3 Å². The second kappa shape index (κ2) is 6.20. The molecule has 0 radical (unpaired) electrons. The minimum atomic E-state index is -0.362. The minimum Gasteiger partial charge on any atom is -0.467 e. The van der Waals surface area contributed by atoms with E-state index in [2.05, 4.69) is 5.32 Å². The Morgan fingerprint density at radius 2 is 2.00 bits per heavy atom. The first-order valence-electron chi connectivity index (χ1n) is 6.19. The Kier molecular flexibility index (Phi) is 4.36. The van der Waals surface area contributed by atoms with Gasteiger partial charge in [0.2, 0.25) is 0 Å². The van der Waals surface area contributed by atoms with Crippen LogP contribution in [0.15, 0.2) is 41.0 Å². The molecule has 0 saturated heterocycles. The molecule has 0 saturated carbocycles. The number of thiocarbonyl (C=S) groups is 1. The molecule has 0 fully saturated rings. The summed E-state index contributed by atoms with van der Waals surface area (Å²) in [7, 11) is 0. The molecular formula is C15H13N3O2S. The number of carbonyl (C=O) groups is 1. The van der Waals surface area contributed by atoms with E-state index in [0.29, 0.717) is 17.0 Å². The van der Waals surface area contributed by atoms with Gasteiger partial charge < -0.3 is 4.42 Å². The predicted molar refractivity (Wildman–Crippen MR) is 82.8 cm³/mol. The van der Waals surface area contributed by atoms with E-state index in [4.69, 9.17) is 16.6 Å². The first-order chi connectivity index (χ1) is 10.0. The second-order valence-corrected chi connectivity index (χ2v) is 4.75. The minimum absolute atomic E-state index is 0.00949. The van der Waals surface area contributed by atoms with Crippen LogP contribution in [0.5, 0.6) is 0 Å². The monoisotopic (exact) mass is 299 g/mol. The number of furan rings is 1. The highest BCUT2D eigenvalue weighted by molar-refractivity contribution is 7.80. The quantitative estimate of drug-likeness (QED) is 0.524. The van der Waals surface area contributed by atoms with Gasteiger partial charge in [-0.2, -0.15) is 5.26 Å². The summed E-state index contributed by atoms with van der Waals surface area (Å²) < 4.78 is 5.25. The summed E-state index contributed by atoms with van der Waals surface area (Å²) in [6.07, 6.45) is 3.39. The summed E-state index contributed by atoms with van der Waals surface area (Å²) in [5.41, 5.74) is 1.79. The SMILES string of the molecule is Cc1occ(N(C#N)C(=S)NC(=O)c2ccccc2)c1C. The molecule has 1 amide bonds. The average Bonchev–Trinajstić information content (AvgIpc) is 2.81.